The molecular formula is C16H20N2O4. The highest BCUT2D eigenvalue weighted by atomic mass is 16.5. The van der Waals surface area contributed by atoms with Crippen LogP contribution in [0, 0.1) is 0 Å². The summed E-state index contributed by atoms with van der Waals surface area (Å²) >= 11 is 0. The van der Waals surface area contributed by atoms with Gasteiger partial charge in [-0.2, -0.15) is 0 Å². The molecule has 2 amide bonds. The summed E-state index contributed by atoms with van der Waals surface area (Å²) in [5.41, 5.74) is 1.34. The number of rotatable bonds is 2. The SMILES string of the molecule is COc1cc2c(cc1OC)CC1(CC2)NC(=O)CN(C)C1=O. The summed E-state index contributed by atoms with van der Waals surface area (Å²) in [6, 6.07) is 3.86. The molecular weight excluding hydrogens is 284 g/mol. The summed E-state index contributed by atoms with van der Waals surface area (Å²) < 4.78 is 10.7. The van der Waals surface area contributed by atoms with Gasteiger partial charge in [-0.1, -0.05) is 0 Å². The summed E-state index contributed by atoms with van der Waals surface area (Å²) in [5, 5.41) is 2.92. The van der Waals surface area contributed by atoms with Gasteiger partial charge in [0.1, 0.15) is 5.54 Å². The first-order valence-corrected chi connectivity index (χ1v) is 7.29. The summed E-state index contributed by atoms with van der Waals surface area (Å²) in [7, 11) is 4.87. The van der Waals surface area contributed by atoms with Crippen molar-refractivity contribution in [1.82, 2.24) is 10.2 Å². The zero-order valence-corrected chi connectivity index (χ0v) is 13.1. The average Bonchev–Trinajstić information content (AvgIpc) is 2.51. The molecule has 0 bridgehead atoms. The number of likely N-dealkylation sites (N-methyl/N-ethyl adjacent to an activating group) is 1. The summed E-state index contributed by atoms with van der Waals surface area (Å²) in [6.45, 7) is 0.124. The van der Waals surface area contributed by atoms with Crippen LogP contribution in [0.4, 0.5) is 0 Å². The van der Waals surface area contributed by atoms with Crippen molar-refractivity contribution in [3.63, 3.8) is 0 Å². The predicted molar refractivity (Wildman–Crippen MR) is 80.1 cm³/mol. The lowest BCUT2D eigenvalue weighted by atomic mass is 9.76. The molecule has 0 saturated carbocycles. The molecule has 1 spiro atoms. The van der Waals surface area contributed by atoms with Gasteiger partial charge >= 0.3 is 0 Å². The molecule has 1 saturated heterocycles. The predicted octanol–water partition coefficient (Wildman–Crippen LogP) is 0.520. The maximum absolute atomic E-state index is 12.6. The Morgan fingerprint density at radius 2 is 1.77 bits per heavy atom. The number of hydrogen-bond acceptors (Lipinski definition) is 4. The Morgan fingerprint density at radius 3 is 2.41 bits per heavy atom. The minimum absolute atomic E-state index is 0.0208. The van der Waals surface area contributed by atoms with E-state index in [1.54, 1.807) is 21.3 Å². The van der Waals surface area contributed by atoms with Crippen molar-refractivity contribution in [2.45, 2.75) is 24.8 Å². The fourth-order valence-electron chi connectivity index (χ4n) is 3.42. The average molecular weight is 304 g/mol. The van der Waals surface area contributed by atoms with E-state index in [0.29, 0.717) is 24.3 Å². The maximum atomic E-state index is 12.6. The number of carbonyl (C=O) groups excluding carboxylic acids is 2. The molecule has 3 rings (SSSR count). The van der Waals surface area contributed by atoms with Gasteiger partial charge in [0.15, 0.2) is 11.5 Å². The van der Waals surface area contributed by atoms with Crippen molar-refractivity contribution in [2.75, 3.05) is 27.8 Å². The lowest BCUT2D eigenvalue weighted by Gasteiger charge is -2.43. The Labute approximate surface area is 129 Å². The van der Waals surface area contributed by atoms with Crippen LogP contribution in [0.1, 0.15) is 17.5 Å². The van der Waals surface area contributed by atoms with E-state index < -0.39 is 5.54 Å². The fraction of sp³-hybridized carbons (Fsp3) is 0.500. The van der Waals surface area contributed by atoms with E-state index in [0.717, 1.165) is 17.5 Å². The summed E-state index contributed by atoms with van der Waals surface area (Å²) in [4.78, 5) is 26.0. The zero-order valence-electron chi connectivity index (χ0n) is 13.1. The van der Waals surface area contributed by atoms with Crippen molar-refractivity contribution < 1.29 is 19.1 Å². The summed E-state index contributed by atoms with van der Waals surface area (Å²) in [5.74, 6) is 1.20. The molecule has 1 N–H and O–H groups in total. The first-order valence-electron chi connectivity index (χ1n) is 7.29. The topological polar surface area (TPSA) is 67.9 Å². The number of nitrogens with zero attached hydrogens (tertiary/aromatic N) is 1. The molecule has 1 aromatic carbocycles. The van der Waals surface area contributed by atoms with Crippen LogP contribution in [-0.4, -0.2) is 50.1 Å². The molecule has 1 fully saturated rings. The van der Waals surface area contributed by atoms with E-state index in [1.165, 1.54) is 4.90 Å². The van der Waals surface area contributed by atoms with E-state index >= 15 is 0 Å². The van der Waals surface area contributed by atoms with E-state index in [-0.39, 0.29) is 18.4 Å². The van der Waals surface area contributed by atoms with Gasteiger partial charge in [0.05, 0.1) is 20.8 Å². The van der Waals surface area contributed by atoms with Gasteiger partial charge in [-0.15, -0.1) is 0 Å². The van der Waals surface area contributed by atoms with Crippen LogP contribution >= 0.6 is 0 Å². The molecule has 1 atom stereocenters. The van der Waals surface area contributed by atoms with E-state index in [9.17, 15) is 9.59 Å². The van der Waals surface area contributed by atoms with E-state index in [2.05, 4.69) is 5.32 Å². The van der Waals surface area contributed by atoms with Crippen molar-refractivity contribution in [3.8, 4) is 11.5 Å². The number of nitrogens with one attached hydrogen (secondary N) is 1. The number of carbonyl (C=O) groups is 2. The van der Waals surface area contributed by atoms with Gasteiger partial charge in [0, 0.05) is 13.5 Å². The van der Waals surface area contributed by atoms with Crippen LogP contribution in [0.15, 0.2) is 12.1 Å². The van der Waals surface area contributed by atoms with Gasteiger partial charge in [0.25, 0.3) is 0 Å². The largest absolute Gasteiger partial charge is 0.493 e. The smallest absolute Gasteiger partial charge is 0.248 e. The highest BCUT2D eigenvalue weighted by Crippen LogP contribution is 2.38. The minimum Gasteiger partial charge on any atom is -0.493 e. The normalized spacial score (nSPS) is 24.0. The third-order valence-electron chi connectivity index (χ3n) is 4.53. The lowest BCUT2D eigenvalue weighted by Crippen LogP contribution is -2.67. The molecule has 1 heterocycles. The number of fused-ring (bicyclic) bond motifs is 1. The molecule has 1 unspecified atom stereocenters. The number of aryl methyl sites for hydroxylation is 1. The fourth-order valence-corrected chi connectivity index (χ4v) is 3.42. The van der Waals surface area contributed by atoms with Crippen LogP contribution in [0.25, 0.3) is 0 Å². The van der Waals surface area contributed by atoms with Crippen LogP contribution in [0.3, 0.4) is 0 Å². The summed E-state index contributed by atoms with van der Waals surface area (Å²) in [6.07, 6.45) is 1.80. The standard InChI is InChI=1S/C16H20N2O4/c1-18-9-14(19)17-16(15(18)20)5-4-10-6-12(21-2)13(22-3)7-11(10)8-16/h6-7H,4-5,8-9H2,1-3H3,(H,17,19). The van der Waals surface area contributed by atoms with Crippen molar-refractivity contribution in [3.05, 3.63) is 23.3 Å². The highest BCUT2D eigenvalue weighted by molar-refractivity contribution is 5.98. The molecule has 6 nitrogen and oxygen atoms in total. The molecule has 22 heavy (non-hydrogen) atoms. The van der Waals surface area contributed by atoms with Crippen LogP contribution in [0.5, 0.6) is 11.5 Å². The van der Waals surface area contributed by atoms with Gasteiger partial charge in [0.2, 0.25) is 11.8 Å². The van der Waals surface area contributed by atoms with E-state index in [1.807, 2.05) is 12.1 Å². The number of ether oxygens (including phenoxy) is 2. The number of methoxy groups -OCH3 is 2. The second-order valence-electron chi connectivity index (χ2n) is 5.94. The molecule has 0 aromatic heterocycles. The molecule has 1 aliphatic heterocycles. The van der Waals surface area contributed by atoms with Gasteiger partial charge in [-0.05, 0) is 36.1 Å². The van der Waals surface area contributed by atoms with Crippen LogP contribution in [0.2, 0.25) is 0 Å². The number of hydrogen-bond donors (Lipinski definition) is 1. The minimum atomic E-state index is -0.823. The molecule has 1 aromatic rings. The van der Waals surface area contributed by atoms with E-state index in [4.69, 9.17) is 9.47 Å². The second-order valence-corrected chi connectivity index (χ2v) is 5.94. The van der Waals surface area contributed by atoms with Crippen molar-refractivity contribution in [2.24, 2.45) is 0 Å². The lowest BCUT2D eigenvalue weighted by molar-refractivity contribution is -0.149. The van der Waals surface area contributed by atoms with Crippen LogP contribution < -0.4 is 14.8 Å². The highest BCUT2D eigenvalue weighted by Gasteiger charge is 2.47. The third kappa shape index (κ3) is 2.19. The zero-order chi connectivity index (χ0) is 15.9. The monoisotopic (exact) mass is 304 g/mol. The Balaban J connectivity index is 1.99. The number of amides is 2. The Morgan fingerprint density at radius 1 is 1.14 bits per heavy atom. The van der Waals surface area contributed by atoms with Gasteiger partial charge in [-0.25, -0.2) is 0 Å². The van der Waals surface area contributed by atoms with Gasteiger partial charge in [-0.3, -0.25) is 9.59 Å². The molecule has 2 aliphatic rings. The third-order valence-corrected chi connectivity index (χ3v) is 4.53. The Kier molecular flexibility index (Phi) is 3.47. The van der Waals surface area contributed by atoms with Crippen molar-refractivity contribution in [1.29, 1.82) is 0 Å². The Hall–Kier alpha value is -2.24. The van der Waals surface area contributed by atoms with Crippen LogP contribution in [-0.2, 0) is 22.4 Å². The molecule has 118 valence electrons. The molecule has 0 radical (unpaired) electrons. The molecule has 6 heteroatoms. The second kappa shape index (κ2) is 5.19. The quantitative estimate of drug-likeness (QED) is 0.865. The number of benzene rings is 1. The molecule has 1 aliphatic carbocycles. The maximum Gasteiger partial charge on any atom is 0.248 e. The first kappa shape index (κ1) is 14.7. The number of piperazine rings is 1. The Bertz CT molecular complexity index is 643. The first-order chi connectivity index (χ1) is 10.5. The van der Waals surface area contributed by atoms with Crippen molar-refractivity contribution >= 4 is 11.8 Å². The van der Waals surface area contributed by atoms with Gasteiger partial charge < -0.3 is 19.7 Å².